The molecular weight excluding hydrogens is 312 g/mol. The first-order valence-corrected chi connectivity index (χ1v) is 7.70. The topological polar surface area (TPSA) is 112 Å². The summed E-state index contributed by atoms with van der Waals surface area (Å²) in [5.74, 6) is -0.703. The van der Waals surface area contributed by atoms with Crippen molar-refractivity contribution in [3.05, 3.63) is 50.8 Å². The van der Waals surface area contributed by atoms with E-state index in [1.54, 1.807) is 4.90 Å². The van der Waals surface area contributed by atoms with Gasteiger partial charge < -0.3 is 10.0 Å². The van der Waals surface area contributed by atoms with E-state index in [0.717, 1.165) is 35.9 Å². The van der Waals surface area contributed by atoms with Crippen molar-refractivity contribution in [2.45, 2.75) is 32.7 Å². The van der Waals surface area contributed by atoms with E-state index >= 15 is 0 Å². The Labute approximate surface area is 138 Å². The van der Waals surface area contributed by atoms with Gasteiger partial charge in [-0.15, -0.1) is 0 Å². The molecule has 0 aliphatic carbocycles. The highest BCUT2D eigenvalue weighted by molar-refractivity contribution is 5.97. The molecule has 1 aliphatic heterocycles. The van der Waals surface area contributed by atoms with Gasteiger partial charge in [-0.1, -0.05) is 0 Å². The van der Waals surface area contributed by atoms with Crippen LogP contribution in [0, 0.1) is 24.0 Å². The number of aryl methyl sites for hydroxylation is 2. The minimum Gasteiger partial charge on any atom is -0.507 e. The number of H-pyrrole nitrogens is 1. The van der Waals surface area contributed by atoms with Gasteiger partial charge in [-0.25, -0.2) is 0 Å². The van der Waals surface area contributed by atoms with Gasteiger partial charge in [0.05, 0.1) is 28.3 Å². The third-order valence-electron chi connectivity index (χ3n) is 4.45. The molecule has 2 heterocycles. The highest BCUT2D eigenvalue weighted by atomic mass is 16.6. The Morgan fingerprint density at radius 3 is 2.79 bits per heavy atom. The highest BCUT2D eigenvalue weighted by Gasteiger charge is 2.34. The second kappa shape index (κ2) is 5.95. The molecule has 2 aromatic rings. The normalized spacial score (nSPS) is 17.2. The number of carbonyl (C=O) groups excluding carboxylic acids is 1. The van der Waals surface area contributed by atoms with Crippen LogP contribution >= 0.6 is 0 Å². The summed E-state index contributed by atoms with van der Waals surface area (Å²) < 4.78 is 0. The summed E-state index contributed by atoms with van der Waals surface area (Å²) in [4.78, 5) is 24.7. The van der Waals surface area contributed by atoms with E-state index < -0.39 is 4.92 Å². The van der Waals surface area contributed by atoms with Gasteiger partial charge in [0.15, 0.2) is 0 Å². The molecule has 1 saturated heterocycles. The summed E-state index contributed by atoms with van der Waals surface area (Å²) >= 11 is 0. The quantitative estimate of drug-likeness (QED) is 0.663. The number of nitrogens with one attached hydrogen (secondary N) is 1. The number of likely N-dealkylation sites (tertiary alicyclic amines) is 1. The zero-order valence-corrected chi connectivity index (χ0v) is 13.4. The molecule has 0 saturated carbocycles. The van der Waals surface area contributed by atoms with Gasteiger partial charge in [-0.05, 0) is 32.8 Å². The van der Waals surface area contributed by atoms with E-state index in [4.69, 9.17) is 0 Å². The predicted octanol–water partition coefficient (Wildman–Crippen LogP) is 2.62. The lowest BCUT2D eigenvalue weighted by molar-refractivity contribution is -0.384. The van der Waals surface area contributed by atoms with Gasteiger partial charge >= 0.3 is 0 Å². The smallest absolute Gasteiger partial charge is 0.273 e. The van der Waals surface area contributed by atoms with Gasteiger partial charge in [0.25, 0.3) is 11.6 Å². The molecule has 126 valence electrons. The Bertz CT molecular complexity index is 795. The zero-order valence-electron chi connectivity index (χ0n) is 13.4. The van der Waals surface area contributed by atoms with Crippen molar-refractivity contribution in [3.63, 3.8) is 0 Å². The number of hydrogen-bond donors (Lipinski definition) is 2. The van der Waals surface area contributed by atoms with E-state index in [0.29, 0.717) is 6.54 Å². The number of phenolic OH excluding ortho intramolecular Hbond substituents is 1. The van der Waals surface area contributed by atoms with Crippen LogP contribution in [0.5, 0.6) is 5.75 Å². The molecule has 1 aliphatic rings. The van der Waals surface area contributed by atoms with Gasteiger partial charge in [0.1, 0.15) is 5.75 Å². The van der Waals surface area contributed by atoms with Crippen molar-refractivity contribution in [1.29, 1.82) is 0 Å². The average Bonchev–Trinajstić information content (AvgIpc) is 3.13. The van der Waals surface area contributed by atoms with Crippen LogP contribution in [0.3, 0.4) is 0 Å². The van der Waals surface area contributed by atoms with E-state index in [2.05, 4.69) is 10.2 Å². The lowest BCUT2D eigenvalue weighted by Crippen LogP contribution is -2.31. The Kier molecular flexibility index (Phi) is 3.96. The summed E-state index contributed by atoms with van der Waals surface area (Å²) in [7, 11) is 0. The van der Waals surface area contributed by atoms with E-state index in [-0.39, 0.29) is 28.9 Å². The molecule has 8 nitrogen and oxygen atoms in total. The van der Waals surface area contributed by atoms with Gasteiger partial charge in [-0.3, -0.25) is 20.0 Å². The molecule has 1 amide bonds. The number of carbonyl (C=O) groups is 1. The Balaban J connectivity index is 1.93. The first-order valence-electron chi connectivity index (χ1n) is 7.70. The number of hydrogen-bond acceptors (Lipinski definition) is 5. The number of aromatic hydroxyl groups is 1. The fourth-order valence-electron chi connectivity index (χ4n) is 3.33. The molecule has 0 radical (unpaired) electrons. The molecule has 0 bridgehead atoms. The minimum atomic E-state index is -0.606. The van der Waals surface area contributed by atoms with Gasteiger partial charge in [-0.2, -0.15) is 5.10 Å². The number of amides is 1. The number of aromatic amines is 1. The number of phenols is 1. The summed E-state index contributed by atoms with van der Waals surface area (Å²) in [6.07, 6.45) is 1.68. The number of nitro groups is 1. The van der Waals surface area contributed by atoms with Crippen LogP contribution in [0.1, 0.15) is 46.2 Å². The van der Waals surface area contributed by atoms with Crippen molar-refractivity contribution >= 4 is 11.6 Å². The van der Waals surface area contributed by atoms with Crippen LogP contribution in [0.4, 0.5) is 5.69 Å². The molecule has 1 aromatic heterocycles. The first-order chi connectivity index (χ1) is 11.4. The molecule has 24 heavy (non-hydrogen) atoms. The van der Waals surface area contributed by atoms with Crippen molar-refractivity contribution in [1.82, 2.24) is 15.1 Å². The standard InChI is InChI=1S/C16H18N4O4/c1-9-15(10(2)18-17-9)13-4-3-7-19(13)16(22)12-6-5-11(20(23)24)8-14(12)21/h5-6,8,13,21H,3-4,7H2,1-2H3,(H,17,18)/t13-/m0/s1. The van der Waals surface area contributed by atoms with E-state index in [1.165, 1.54) is 12.1 Å². The molecule has 0 spiro atoms. The number of rotatable bonds is 3. The third kappa shape index (κ3) is 2.60. The number of aromatic nitrogens is 2. The van der Waals surface area contributed by atoms with Gasteiger partial charge in [0.2, 0.25) is 0 Å². The predicted molar refractivity (Wildman–Crippen MR) is 85.8 cm³/mol. The first kappa shape index (κ1) is 16.0. The number of nitrogens with zero attached hydrogens (tertiary/aromatic N) is 3. The Morgan fingerprint density at radius 2 is 2.21 bits per heavy atom. The van der Waals surface area contributed by atoms with Crippen molar-refractivity contribution in [2.24, 2.45) is 0 Å². The third-order valence-corrected chi connectivity index (χ3v) is 4.45. The molecule has 1 atom stereocenters. The number of non-ortho nitro benzene ring substituents is 1. The average molecular weight is 330 g/mol. The van der Waals surface area contributed by atoms with Crippen LogP contribution in [0.15, 0.2) is 18.2 Å². The summed E-state index contributed by atoms with van der Waals surface area (Å²) in [6, 6.07) is 3.44. The fraction of sp³-hybridized carbons (Fsp3) is 0.375. The van der Waals surface area contributed by atoms with Crippen molar-refractivity contribution in [2.75, 3.05) is 6.54 Å². The van der Waals surface area contributed by atoms with Crippen molar-refractivity contribution in [3.8, 4) is 5.75 Å². The summed E-state index contributed by atoms with van der Waals surface area (Å²) in [5, 5.41) is 27.9. The molecule has 8 heteroatoms. The minimum absolute atomic E-state index is 0.0753. The van der Waals surface area contributed by atoms with Crippen LogP contribution in [-0.4, -0.2) is 37.6 Å². The van der Waals surface area contributed by atoms with Crippen molar-refractivity contribution < 1.29 is 14.8 Å². The monoisotopic (exact) mass is 330 g/mol. The van der Waals surface area contributed by atoms with E-state index in [9.17, 15) is 20.0 Å². The number of benzene rings is 1. The maximum absolute atomic E-state index is 12.8. The summed E-state index contributed by atoms with van der Waals surface area (Å²) in [6.45, 7) is 4.38. The molecule has 1 fully saturated rings. The highest BCUT2D eigenvalue weighted by Crippen LogP contribution is 2.37. The SMILES string of the molecule is Cc1n[nH]c(C)c1[C@@H]1CCCN1C(=O)c1ccc([N+](=O)[O-])cc1O. The van der Waals surface area contributed by atoms with E-state index in [1.807, 2.05) is 13.8 Å². The maximum Gasteiger partial charge on any atom is 0.273 e. The maximum atomic E-state index is 12.8. The Morgan fingerprint density at radius 1 is 1.46 bits per heavy atom. The van der Waals surface area contributed by atoms with Crippen LogP contribution < -0.4 is 0 Å². The number of nitro benzene ring substituents is 1. The molecule has 0 unspecified atom stereocenters. The van der Waals surface area contributed by atoms with Gasteiger partial charge in [0, 0.05) is 23.9 Å². The molecule has 2 N–H and O–H groups in total. The molecule has 3 rings (SSSR count). The zero-order chi connectivity index (χ0) is 17.4. The second-order valence-corrected chi connectivity index (χ2v) is 5.96. The summed E-state index contributed by atoms with van der Waals surface area (Å²) in [5.41, 5.74) is 2.60. The fourth-order valence-corrected chi connectivity index (χ4v) is 3.33. The van der Waals surface area contributed by atoms with Crippen LogP contribution in [0.2, 0.25) is 0 Å². The second-order valence-electron chi connectivity index (χ2n) is 5.96. The lowest BCUT2D eigenvalue weighted by atomic mass is 10.0. The Hall–Kier alpha value is -2.90. The van der Waals surface area contributed by atoms with Crippen LogP contribution in [0.25, 0.3) is 0 Å². The lowest BCUT2D eigenvalue weighted by Gasteiger charge is -2.25. The molecule has 1 aromatic carbocycles. The molecular formula is C16H18N4O4. The largest absolute Gasteiger partial charge is 0.507 e. The van der Waals surface area contributed by atoms with Crippen LogP contribution in [-0.2, 0) is 0 Å².